The minimum Gasteiger partial charge on any atom is -0.485 e. The van der Waals surface area contributed by atoms with E-state index in [1.165, 1.54) is 23.8 Å². The highest BCUT2D eigenvalue weighted by atomic mass is 19.1. The van der Waals surface area contributed by atoms with E-state index < -0.39 is 11.8 Å². The van der Waals surface area contributed by atoms with Crippen LogP contribution in [0.1, 0.15) is 40.3 Å². The molecule has 3 amide bonds. The van der Waals surface area contributed by atoms with Crippen LogP contribution in [0.5, 0.6) is 5.75 Å². The number of rotatable bonds is 7. The number of likely N-dealkylation sites (tertiary alicyclic amines) is 1. The van der Waals surface area contributed by atoms with Crippen molar-refractivity contribution in [2.24, 2.45) is 5.92 Å². The van der Waals surface area contributed by atoms with E-state index in [1.54, 1.807) is 23.1 Å². The number of anilines is 1. The standard InChI is InChI=1S/C27H30FN3O4/c1-18-8-10-24(19(2)13-18)34-17-23-9-11-25(35-23)26(32)31-12-4-5-20(16-31)15-29-27(33)30-22-7-3-6-21(28)14-22/h3,6-11,13-14,20H,4-5,12,15-17H2,1-2H3,(H2,29,30,33). The maximum Gasteiger partial charge on any atom is 0.319 e. The van der Waals surface area contributed by atoms with Gasteiger partial charge in [-0.3, -0.25) is 4.79 Å². The number of benzene rings is 2. The molecule has 0 spiro atoms. The van der Waals surface area contributed by atoms with Crippen molar-refractivity contribution in [2.45, 2.75) is 33.3 Å². The molecule has 7 nitrogen and oxygen atoms in total. The molecule has 1 aliphatic rings. The number of piperidine rings is 1. The van der Waals surface area contributed by atoms with E-state index in [4.69, 9.17) is 9.15 Å². The topological polar surface area (TPSA) is 83.8 Å². The lowest BCUT2D eigenvalue weighted by Crippen LogP contribution is -2.44. The number of hydrogen-bond donors (Lipinski definition) is 2. The Bertz CT molecular complexity index is 1190. The molecule has 1 atom stereocenters. The Kier molecular flexibility index (Phi) is 7.70. The van der Waals surface area contributed by atoms with E-state index in [2.05, 4.69) is 16.7 Å². The minimum absolute atomic E-state index is 0.119. The van der Waals surface area contributed by atoms with E-state index in [-0.39, 0.29) is 24.2 Å². The zero-order chi connectivity index (χ0) is 24.8. The number of amides is 3. The third kappa shape index (κ3) is 6.62. The van der Waals surface area contributed by atoms with E-state index in [1.807, 2.05) is 26.0 Å². The summed E-state index contributed by atoms with van der Waals surface area (Å²) in [6, 6.07) is 14.7. The molecule has 2 N–H and O–H groups in total. The van der Waals surface area contributed by atoms with Crippen molar-refractivity contribution in [1.29, 1.82) is 0 Å². The zero-order valence-corrected chi connectivity index (χ0v) is 20.0. The summed E-state index contributed by atoms with van der Waals surface area (Å²) < 4.78 is 24.9. The Labute approximate surface area is 204 Å². The SMILES string of the molecule is Cc1ccc(OCc2ccc(C(=O)N3CCCC(CNC(=O)Nc4cccc(F)c4)C3)o2)c(C)c1. The van der Waals surface area contributed by atoms with Gasteiger partial charge < -0.3 is 24.7 Å². The number of hydrogen-bond acceptors (Lipinski definition) is 4. The van der Waals surface area contributed by atoms with Crippen molar-refractivity contribution in [3.8, 4) is 5.75 Å². The van der Waals surface area contributed by atoms with E-state index in [0.717, 1.165) is 24.2 Å². The third-order valence-electron chi connectivity index (χ3n) is 6.01. The highest BCUT2D eigenvalue weighted by Gasteiger charge is 2.26. The molecule has 184 valence electrons. The van der Waals surface area contributed by atoms with Crippen LogP contribution < -0.4 is 15.4 Å². The molecule has 1 unspecified atom stereocenters. The first-order valence-electron chi connectivity index (χ1n) is 11.8. The molecule has 35 heavy (non-hydrogen) atoms. The maximum atomic E-state index is 13.3. The van der Waals surface area contributed by atoms with Gasteiger partial charge in [0.2, 0.25) is 0 Å². The minimum atomic E-state index is -0.415. The number of urea groups is 1. The van der Waals surface area contributed by atoms with Crippen molar-refractivity contribution in [1.82, 2.24) is 10.2 Å². The van der Waals surface area contributed by atoms with Gasteiger partial charge >= 0.3 is 6.03 Å². The number of aryl methyl sites for hydroxylation is 2. The zero-order valence-electron chi connectivity index (χ0n) is 20.0. The van der Waals surface area contributed by atoms with Gasteiger partial charge in [0.15, 0.2) is 5.76 Å². The Morgan fingerprint density at radius 1 is 1.14 bits per heavy atom. The lowest BCUT2D eigenvalue weighted by molar-refractivity contribution is 0.0639. The van der Waals surface area contributed by atoms with Crippen LogP contribution in [-0.4, -0.2) is 36.5 Å². The molecule has 2 aromatic carbocycles. The number of nitrogens with zero attached hydrogens (tertiary/aromatic N) is 1. The Morgan fingerprint density at radius 3 is 2.80 bits per heavy atom. The van der Waals surface area contributed by atoms with Gasteiger partial charge in [-0.05, 0) is 74.6 Å². The molecule has 0 bridgehead atoms. The van der Waals surface area contributed by atoms with Crippen LogP contribution in [0.4, 0.5) is 14.9 Å². The summed E-state index contributed by atoms with van der Waals surface area (Å²) in [5, 5.41) is 5.43. The summed E-state index contributed by atoms with van der Waals surface area (Å²) in [5.74, 6) is 1.18. The van der Waals surface area contributed by atoms with E-state index >= 15 is 0 Å². The number of halogens is 1. The van der Waals surface area contributed by atoms with Gasteiger partial charge in [-0.2, -0.15) is 0 Å². The third-order valence-corrected chi connectivity index (χ3v) is 6.01. The molecular formula is C27H30FN3O4. The van der Waals surface area contributed by atoms with Crippen LogP contribution in [0, 0.1) is 25.6 Å². The molecule has 1 saturated heterocycles. The van der Waals surface area contributed by atoms with Gasteiger partial charge in [0.05, 0.1) is 0 Å². The lowest BCUT2D eigenvalue weighted by Gasteiger charge is -2.32. The van der Waals surface area contributed by atoms with Gasteiger partial charge in [0.1, 0.15) is 23.9 Å². The molecule has 0 radical (unpaired) electrons. The average Bonchev–Trinajstić information content (AvgIpc) is 3.31. The molecule has 1 aromatic heterocycles. The van der Waals surface area contributed by atoms with Crippen molar-refractivity contribution >= 4 is 17.6 Å². The fraction of sp³-hybridized carbons (Fsp3) is 0.333. The van der Waals surface area contributed by atoms with Gasteiger partial charge in [-0.25, -0.2) is 9.18 Å². The monoisotopic (exact) mass is 479 g/mol. The second-order valence-corrected chi connectivity index (χ2v) is 8.93. The summed E-state index contributed by atoms with van der Waals surface area (Å²) in [6.45, 7) is 5.84. The Hall–Kier alpha value is -3.81. The molecule has 0 saturated carbocycles. The molecule has 1 fully saturated rings. The highest BCUT2D eigenvalue weighted by Crippen LogP contribution is 2.22. The van der Waals surface area contributed by atoms with E-state index in [0.29, 0.717) is 31.1 Å². The van der Waals surface area contributed by atoms with Crippen LogP contribution in [0.2, 0.25) is 0 Å². The van der Waals surface area contributed by atoms with Crippen LogP contribution in [-0.2, 0) is 6.61 Å². The normalized spacial score (nSPS) is 15.5. The molecule has 0 aliphatic carbocycles. The number of nitrogens with one attached hydrogen (secondary N) is 2. The summed E-state index contributed by atoms with van der Waals surface area (Å²) >= 11 is 0. The molecule has 8 heteroatoms. The van der Waals surface area contributed by atoms with Crippen molar-refractivity contribution in [2.75, 3.05) is 25.0 Å². The largest absolute Gasteiger partial charge is 0.485 e. The van der Waals surface area contributed by atoms with Gasteiger partial charge in [-0.15, -0.1) is 0 Å². The molecule has 1 aliphatic heterocycles. The number of ether oxygens (including phenoxy) is 1. The highest BCUT2D eigenvalue weighted by molar-refractivity contribution is 5.91. The van der Waals surface area contributed by atoms with Crippen LogP contribution in [0.15, 0.2) is 59.0 Å². The first-order chi connectivity index (χ1) is 16.9. The smallest absolute Gasteiger partial charge is 0.319 e. The second-order valence-electron chi connectivity index (χ2n) is 8.93. The van der Waals surface area contributed by atoms with Gasteiger partial charge in [-0.1, -0.05) is 23.8 Å². The first kappa shape index (κ1) is 24.3. The second kappa shape index (κ2) is 11.1. The Morgan fingerprint density at radius 2 is 2.00 bits per heavy atom. The summed E-state index contributed by atoms with van der Waals surface area (Å²) in [6.07, 6.45) is 1.74. The number of carbonyl (C=O) groups is 2. The fourth-order valence-electron chi connectivity index (χ4n) is 4.23. The Balaban J connectivity index is 1.26. The van der Waals surface area contributed by atoms with Gasteiger partial charge in [0.25, 0.3) is 5.91 Å². The summed E-state index contributed by atoms with van der Waals surface area (Å²) in [4.78, 5) is 26.9. The lowest BCUT2D eigenvalue weighted by atomic mass is 9.98. The predicted molar refractivity (Wildman–Crippen MR) is 131 cm³/mol. The summed E-state index contributed by atoms with van der Waals surface area (Å²) in [7, 11) is 0. The number of furan rings is 1. The molecule has 3 aromatic rings. The number of carbonyl (C=O) groups excluding carboxylic acids is 2. The maximum absolute atomic E-state index is 13.3. The van der Waals surface area contributed by atoms with Crippen molar-refractivity contribution in [3.63, 3.8) is 0 Å². The fourth-order valence-corrected chi connectivity index (χ4v) is 4.23. The summed E-state index contributed by atoms with van der Waals surface area (Å²) in [5.41, 5.74) is 2.60. The van der Waals surface area contributed by atoms with E-state index in [9.17, 15) is 14.0 Å². The molecule has 2 heterocycles. The van der Waals surface area contributed by atoms with Crippen LogP contribution in [0.3, 0.4) is 0 Å². The van der Waals surface area contributed by atoms with Crippen LogP contribution >= 0.6 is 0 Å². The molecular weight excluding hydrogens is 449 g/mol. The van der Waals surface area contributed by atoms with Crippen molar-refractivity contribution < 1.29 is 23.1 Å². The first-order valence-corrected chi connectivity index (χ1v) is 11.8. The quantitative estimate of drug-likeness (QED) is 0.482. The predicted octanol–water partition coefficient (Wildman–Crippen LogP) is 5.29. The van der Waals surface area contributed by atoms with Crippen LogP contribution in [0.25, 0.3) is 0 Å². The average molecular weight is 480 g/mol. The van der Waals surface area contributed by atoms with Crippen molar-refractivity contribution in [3.05, 3.63) is 83.1 Å². The van der Waals surface area contributed by atoms with Gasteiger partial charge in [0, 0.05) is 25.3 Å². The molecule has 4 rings (SSSR count).